The lowest BCUT2D eigenvalue weighted by Crippen LogP contribution is -2.49. The third kappa shape index (κ3) is 3.58. The molecule has 0 aliphatic carbocycles. The van der Waals surface area contributed by atoms with Crippen LogP contribution in [0.15, 0.2) is 0 Å². The van der Waals surface area contributed by atoms with Crippen LogP contribution < -0.4 is 5.32 Å². The Morgan fingerprint density at radius 1 is 1.31 bits per heavy atom. The van der Waals surface area contributed by atoms with E-state index in [1.54, 1.807) is 14.0 Å². The van der Waals surface area contributed by atoms with Gasteiger partial charge in [0, 0.05) is 13.2 Å². The van der Waals surface area contributed by atoms with Crippen molar-refractivity contribution in [3.05, 3.63) is 0 Å². The standard InChI is InChI=1S/C8H19NO4/c1-5(9-2)7(11)8(12)6(4-10)13-3/h5-12H,4H2,1-3H3/t5-,6?,7?,8-/m1/s1. The van der Waals surface area contributed by atoms with Gasteiger partial charge < -0.3 is 25.4 Å². The number of methoxy groups -OCH3 is 1. The first kappa shape index (κ1) is 12.8. The molecule has 0 aliphatic heterocycles. The van der Waals surface area contributed by atoms with Crippen molar-refractivity contribution in [1.82, 2.24) is 5.32 Å². The van der Waals surface area contributed by atoms with E-state index >= 15 is 0 Å². The molecular formula is C8H19NO4. The van der Waals surface area contributed by atoms with Gasteiger partial charge in [0.1, 0.15) is 12.2 Å². The number of hydrogen-bond donors (Lipinski definition) is 4. The van der Waals surface area contributed by atoms with Crippen molar-refractivity contribution >= 4 is 0 Å². The molecule has 80 valence electrons. The minimum atomic E-state index is -1.09. The first-order valence-corrected chi connectivity index (χ1v) is 4.25. The number of rotatable bonds is 6. The van der Waals surface area contributed by atoms with Gasteiger partial charge in [-0.3, -0.25) is 0 Å². The Bertz CT molecular complexity index is 129. The zero-order valence-corrected chi connectivity index (χ0v) is 8.27. The van der Waals surface area contributed by atoms with E-state index in [0.29, 0.717) is 0 Å². The maximum Gasteiger partial charge on any atom is 0.110 e. The van der Waals surface area contributed by atoms with Crippen LogP contribution in [0, 0.1) is 0 Å². The van der Waals surface area contributed by atoms with Crippen LogP contribution in [0.1, 0.15) is 6.92 Å². The first-order valence-electron chi connectivity index (χ1n) is 4.25. The van der Waals surface area contributed by atoms with Crippen LogP contribution in [-0.4, -0.2) is 60.4 Å². The third-order valence-corrected chi connectivity index (χ3v) is 2.18. The Hall–Kier alpha value is -0.200. The second-order valence-corrected chi connectivity index (χ2v) is 3.02. The summed E-state index contributed by atoms with van der Waals surface area (Å²) in [7, 11) is 3.06. The monoisotopic (exact) mass is 193 g/mol. The lowest BCUT2D eigenvalue weighted by molar-refractivity contribution is -0.0993. The van der Waals surface area contributed by atoms with E-state index in [0.717, 1.165) is 0 Å². The molecule has 0 radical (unpaired) electrons. The first-order chi connectivity index (χ1) is 6.08. The molecule has 0 fully saturated rings. The Balaban J connectivity index is 4.13. The van der Waals surface area contributed by atoms with E-state index in [1.165, 1.54) is 7.11 Å². The van der Waals surface area contributed by atoms with Crippen molar-refractivity contribution in [3.63, 3.8) is 0 Å². The molecule has 0 rings (SSSR count). The molecule has 0 aromatic rings. The van der Waals surface area contributed by atoms with E-state index < -0.39 is 18.3 Å². The molecule has 5 nitrogen and oxygen atoms in total. The van der Waals surface area contributed by atoms with E-state index in [-0.39, 0.29) is 12.6 Å². The van der Waals surface area contributed by atoms with Crippen LogP contribution in [0.3, 0.4) is 0 Å². The summed E-state index contributed by atoms with van der Waals surface area (Å²) < 4.78 is 4.79. The molecule has 0 saturated carbocycles. The summed E-state index contributed by atoms with van der Waals surface area (Å²) in [4.78, 5) is 0. The van der Waals surface area contributed by atoms with Gasteiger partial charge in [-0.15, -0.1) is 0 Å². The number of likely N-dealkylation sites (N-methyl/N-ethyl adjacent to an activating group) is 1. The second kappa shape index (κ2) is 6.28. The van der Waals surface area contributed by atoms with Gasteiger partial charge in [-0.1, -0.05) is 0 Å². The molecular weight excluding hydrogens is 174 g/mol. The highest BCUT2D eigenvalue weighted by Crippen LogP contribution is 2.06. The average molecular weight is 193 g/mol. The molecule has 4 atom stereocenters. The van der Waals surface area contributed by atoms with Gasteiger partial charge in [-0.05, 0) is 14.0 Å². The summed E-state index contributed by atoms with van der Waals surface area (Å²) in [5, 5.41) is 30.6. The summed E-state index contributed by atoms with van der Waals surface area (Å²) in [5.74, 6) is 0. The maximum absolute atomic E-state index is 9.52. The van der Waals surface area contributed by atoms with Crippen molar-refractivity contribution in [2.75, 3.05) is 20.8 Å². The number of aliphatic hydroxyl groups is 3. The molecule has 4 N–H and O–H groups in total. The van der Waals surface area contributed by atoms with Crippen molar-refractivity contribution < 1.29 is 20.1 Å². The van der Waals surface area contributed by atoms with Gasteiger partial charge in [0.25, 0.3) is 0 Å². The SMILES string of the molecule is CN[C@H](C)C(O)[C@H](O)C(CO)OC. The topological polar surface area (TPSA) is 82.0 Å². The summed E-state index contributed by atoms with van der Waals surface area (Å²) in [6.07, 6.45) is -2.79. The van der Waals surface area contributed by atoms with Crippen LogP contribution in [-0.2, 0) is 4.74 Å². The number of hydrogen-bond acceptors (Lipinski definition) is 5. The van der Waals surface area contributed by atoms with Gasteiger partial charge in [0.05, 0.1) is 12.7 Å². The second-order valence-electron chi connectivity index (χ2n) is 3.02. The fraction of sp³-hybridized carbons (Fsp3) is 1.00. The van der Waals surface area contributed by atoms with Gasteiger partial charge in [-0.2, -0.15) is 0 Å². The Labute approximate surface area is 78.3 Å². The normalized spacial score (nSPS) is 20.8. The summed E-state index contributed by atoms with van der Waals surface area (Å²) in [6, 6.07) is -0.251. The van der Waals surface area contributed by atoms with Crippen LogP contribution >= 0.6 is 0 Å². The molecule has 13 heavy (non-hydrogen) atoms. The van der Waals surface area contributed by atoms with Gasteiger partial charge >= 0.3 is 0 Å². The Kier molecular flexibility index (Phi) is 6.19. The molecule has 0 aromatic carbocycles. The third-order valence-electron chi connectivity index (χ3n) is 2.18. The van der Waals surface area contributed by atoms with Crippen molar-refractivity contribution in [2.24, 2.45) is 0 Å². The molecule has 0 spiro atoms. The highest BCUT2D eigenvalue weighted by molar-refractivity contribution is 4.82. The van der Waals surface area contributed by atoms with Gasteiger partial charge in [0.2, 0.25) is 0 Å². The predicted octanol–water partition coefficient (Wildman–Crippen LogP) is -1.68. The van der Waals surface area contributed by atoms with Crippen LogP contribution in [0.4, 0.5) is 0 Å². The van der Waals surface area contributed by atoms with Gasteiger partial charge in [0.15, 0.2) is 0 Å². The molecule has 0 amide bonds. The number of ether oxygens (including phenoxy) is 1. The molecule has 0 aromatic heterocycles. The van der Waals surface area contributed by atoms with Crippen molar-refractivity contribution in [2.45, 2.75) is 31.3 Å². The lowest BCUT2D eigenvalue weighted by Gasteiger charge is -2.27. The smallest absolute Gasteiger partial charge is 0.110 e. The highest BCUT2D eigenvalue weighted by Gasteiger charge is 2.28. The minimum Gasteiger partial charge on any atom is -0.394 e. The quantitative estimate of drug-likeness (QED) is 0.405. The maximum atomic E-state index is 9.52. The van der Waals surface area contributed by atoms with Crippen LogP contribution in [0.25, 0.3) is 0 Å². The fourth-order valence-electron chi connectivity index (χ4n) is 1.01. The summed E-state index contributed by atoms with van der Waals surface area (Å²) >= 11 is 0. The summed E-state index contributed by atoms with van der Waals surface area (Å²) in [5.41, 5.74) is 0. The zero-order valence-electron chi connectivity index (χ0n) is 8.27. The van der Waals surface area contributed by atoms with E-state index in [1.807, 2.05) is 0 Å². The Morgan fingerprint density at radius 2 is 1.85 bits per heavy atom. The molecule has 0 saturated heterocycles. The number of aliphatic hydroxyl groups excluding tert-OH is 3. The van der Waals surface area contributed by atoms with E-state index in [2.05, 4.69) is 5.32 Å². The molecule has 0 bridgehead atoms. The Morgan fingerprint density at radius 3 is 2.15 bits per heavy atom. The van der Waals surface area contributed by atoms with E-state index in [4.69, 9.17) is 9.84 Å². The molecule has 5 heteroatoms. The highest BCUT2D eigenvalue weighted by atomic mass is 16.5. The van der Waals surface area contributed by atoms with Gasteiger partial charge in [-0.25, -0.2) is 0 Å². The minimum absolute atomic E-state index is 0.251. The lowest BCUT2D eigenvalue weighted by atomic mass is 10.0. The van der Waals surface area contributed by atoms with Crippen molar-refractivity contribution in [1.29, 1.82) is 0 Å². The van der Waals surface area contributed by atoms with Crippen molar-refractivity contribution in [3.8, 4) is 0 Å². The predicted molar refractivity (Wildman–Crippen MR) is 48.4 cm³/mol. The fourth-order valence-corrected chi connectivity index (χ4v) is 1.01. The largest absolute Gasteiger partial charge is 0.394 e. The average Bonchev–Trinajstić information content (AvgIpc) is 2.17. The zero-order chi connectivity index (χ0) is 10.4. The molecule has 2 unspecified atom stereocenters. The molecule has 0 aliphatic rings. The molecule has 0 heterocycles. The van der Waals surface area contributed by atoms with Crippen LogP contribution in [0.2, 0.25) is 0 Å². The van der Waals surface area contributed by atoms with E-state index in [9.17, 15) is 10.2 Å². The number of nitrogens with one attached hydrogen (secondary N) is 1. The van der Waals surface area contributed by atoms with Crippen LogP contribution in [0.5, 0.6) is 0 Å². The summed E-state index contributed by atoms with van der Waals surface area (Å²) in [6.45, 7) is 1.42.